The zero-order valence-corrected chi connectivity index (χ0v) is 19.0. The lowest BCUT2D eigenvalue weighted by Crippen LogP contribution is -2.53. The van der Waals surface area contributed by atoms with Crippen LogP contribution in [0, 0.1) is 40.4 Å². The van der Waals surface area contributed by atoms with Crippen molar-refractivity contribution in [1.82, 2.24) is 0 Å². The number of ether oxygens (including phenoxy) is 2. The predicted molar refractivity (Wildman–Crippen MR) is 112 cm³/mol. The molecule has 0 radical (unpaired) electrons. The summed E-state index contributed by atoms with van der Waals surface area (Å²) in [6.45, 7) is 9.98. The number of fused-ring (bicyclic) bond motifs is 5. The highest BCUT2D eigenvalue weighted by molar-refractivity contribution is 5.67. The van der Waals surface area contributed by atoms with Gasteiger partial charge in [0.1, 0.15) is 12.2 Å². The van der Waals surface area contributed by atoms with Gasteiger partial charge >= 0.3 is 11.9 Å². The van der Waals surface area contributed by atoms with E-state index in [0.717, 1.165) is 30.6 Å². The van der Waals surface area contributed by atoms with Crippen LogP contribution in [0.15, 0.2) is 0 Å². The van der Waals surface area contributed by atoms with E-state index in [2.05, 4.69) is 13.8 Å². The first-order chi connectivity index (χ1) is 13.7. The Labute approximate surface area is 176 Å². The van der Waals surface area contributed by atoms with Gasteiger partial charge in [0.05, 0.1) is 0 Å². The van der Waals surface area contributed by atoms with Crippen LogP contribution in [0.3, 0.4) is 0 Å². The van der Waals surface area contributed by atoms with Gasteiger partial charge in [-0.25, -0.2) is 0 Å². The first kappa shape index (κ1) is 21.2. The summed E-state index contributed by atoms with van der Waals surface area (Å²) in [6, 6.07) is 0. The Kier molecular flexibility index (Phi) is 5.53. The van der Waals surface area contributed by atoms with Crippen molar-refractivity contribution in [3.8, 4) is 0 Å². The monoisotopic (exact) mass is 404 g/mol. The summed E-state index contributed by atoms with van der Waals surface area (Å²) < 4.78 is 11.5. The molecule has 0 unspecified atom stereocenters. The molecule has 0 aromatic carbocycles. The minimum atomic E-state index is -0.241. The molecule has 0 aromatic heterocycles. The van der Waals surface area contributed by atoms with Crippen molar-refractivity contribution in [2.45, 2.75) is 105 Å². The Balaban J connectivity index is 1.64. The predicted octanol–water partition coefficient (Wildman–Crippen LogP) is 5.53. The second kappa shape index (κ2) is 7.57. The average molecular weight is 405 g/mol. The third-order valence-corrected chi connectivity index (χ3v) is 9.84. The van der Waals surface area contributed by atoms with E-state index < -0.39 is 0 Å². The van der Waals surface area contributed by atoms with E-state index in [4.69, 9.17) is 9.47 Å². The maximum absolute atomic E-state index is 11.9. The second-order valence-electron chi connectivity index (χ2n) is 11.2. The van der Waals surface area contributed by atoms with E-state index in [1.54, 1.807) is 0 Å². The highest BCUT2D eigenvalue weighted by Gasteiger charge is 2.64. The molecule has 0 spiro atoms. The van der Waals surface area contributed by atoms with Crippen LogP contribution in [-0.2, 0) is 19.1 Å². The van der Waals surface area contributed by atoms with Gasteiger partial charge in [-0.05, 0) is 86.4 Å². The van der Waals surface area contributed by atoms with Crippen molar-refractivity contribution < 1.29 is 19.1 Å². The number of esters is 2. The summed E-state index contributed by atoms with van der Waals surface area (Å²) in [4.78, 5) is 23.6. The van der Waals surface area contributed by atoms with Gasteiger partial charge < -0.3 is 9.47 Å². The van der Waals surface area contributed by atoms with E-state index in [9.17, 15) is 9.59 Å². The molecule has 9 atom stereocenters. The van der Waals surface area contributed by atoms with Crippen LogP contribution < -0.4 is 0 Å². The molecule has 0 N–H and O–H groups in total. The Morgan fingerprint density at radius 3 is 2.34 bits per heavy atom. The molecule has 0 heterocycles. The third-order valence-electron chi connectivity index (χ3n) is 9.84. The van der Waals surface area contributed by atoms with Crippen molar-refractivity contribution in [3.63, 3.8) is 0 Å². The van der Waals surface area contributed by atoms with Crippen molar-refractivity contribution in [3.05, 3.63) is 0 Å². The lowest BCUT2D eigenvalue weighted by atomic mass is 9.45. The molecule has 4 aliphatic rings. The number of carbonyl (C=O) groups excluding carboxylic acids is 2. The summed E-state index contributed by atoms with van der Waals surface area (Å²) >= 11 is 0. The fourth-order valence-electron chi connectivity index (χ4n) is 8.83. The minimum Gasteiger partial charge on any atom is -0.462 e. The molecule has 0 saturated heterocycles. The first-order valence-corrected chi connectivity index (χ1v) is 12.0. The molecular weight excluding hydrogens is 364 g/mol. The standard InChI is InChI=1S/C25H40O4/c1-15(28-16(2)26)23-22(29-17(3)27)14-21-19-10-9-18-8-6-7-12-24(18,4)20(19)11-13-25(21,23)5/h15,18-23H,6-14H2,1-5H3/t15-,18-,19-,20+,21+,22-,23+,24+,25+/m1/s1. The van der Waals surface area contributed by atoms with Crippen LogP contribution in [-0.4, -0.2) is 24.1 Å². The summed E-state index contributed by atoms with van der Waals surface area (Å²) in [5.41, 5.74) is 0.576. The van der Waals surface area contributed by atoms with Gasteiger partial charge in [-0.15, -0.1) is 0 Å². The molecule has 0 aliphatic heterocycles. The maximum atomic E-state index is 11.9. The Morgan fingerprint density at radius 2 is 1.66 bits per heavy atom. The second-order valence-corrected chi connectivity index (χ2v) is 11.2. The minimum absolute atomic E-state index is 0.0774. The van der Waals surface area contributed by atoms with Gasteiger partial charge in [0, 0.05) is 19.8 Å². The van der Waals surface area contributed by atoms with E-state index >= 15 is 0 Å². The average Bonchev–Trinajstić information content (AvgIpc) is 2.91. The zero-order valence-electron chi connectivity index (χ0n) is 19.0. The topological polar surface area (TPSA) is 52.6 Å². The SMILES string of the molecule is CC(=O)O[C@H](C)[C@H]1[C@H](OC(C)=O)C[C@H]2[C@@H]3CC[C@H]4CCCC[C@]4(C)[C@H]3CC[C@]12C. The Bertz CT molecular complexity index is 659. The van der Waals surface area contributed by atoms with Crippen molar-refractivity contribution in [1.29, 1.82) is 0 Å². The third kappa shape index (κ3) is 3.43. The number of carbonyl (C=O) groups is 2. The van der Waals surface area contributed by atoms with Gasteiger partial charge in [0.25, 0.3) is 0 Å². The van der Waals surface area contributed by atoms with Crippen LogP contribution in [0.1, 0.15) is 92.4 Å². The van der Waals surface area contributed by atoms with Crippen LogP contribution in [0.5, 0.6) is 0 Å². The van der Waals surface area contributed by atoms with Gasteiger partial charge in [-0.3, -0.25) is 9.59 Å². The fourth-order valence-corrected chi connectivity index (χ4v) is 8.83. The molecule has 4 fully saturated rings. The largest absolute Gasteiger partial charge is 0.462 e. The molecule has 4 heteroatoms. The molecular formula is C25H40O4. The molecule has 0 amide bonds. The van der Waals surface area contributed by atoms with Crippen molar-refractivity contribution in [2.75, 3.05) is 0 Å². The summed E-state index contributed by atoms with van der Waals surface area (Å²) in [5.74, 6) is 2.64. The van der Waals surface area contributed by atoms with E-state index in [0.29, 0.717) is 11.3 Å². The van der Waals surface area contributed by atoms with E-state index in [-0.39, 0.29) is 35.5 Å². The molecule has 4 rings (SSSR count). The zero-order chi connectivity index (χ0) is 21.0. The number of hydrogen-bond acceptors (Lipinski definition) is 4. The van der Waals surface area contributed by atoms with Crippen LogP contribution in [0.2, 0.25) is 0 Å². The summed E-state index contributed by atoms with van der Waals surface area (Å²) in [6.07, 6.45) is 11.3. The van der Waals surface area contributed by atoms with Gasteiger partial charge in [-0.1, -0.05) is 26.7 Å². The Hall–Kier alpha value is -1.06. The first-order valence-electron chi connectivity index (χ1n) is 12.0. The van der Waals surface area contributed by atoms with Gasteiger partial charge in [0.15, 0.2) is 0 Å². The highest BCUT2D eigenvalue weighted by Crippen LogP contribution is 2.68. The van der Waals surface area contributed by atoms with E-state index in [1.165, 1.54) is 58.8 Å². The van der Waals surface area contributed by atoms with E-state index in [1.807, 2.05) is 6.92 Å². The summed E-state index contributed by atoms with van der Waals surface area (Å²) in [5, 5.41) is 0. The molecule has 0 aromatic rings. The molecule has 164 valence electrons. The van der Waals surface area contributed by atoms with Crippen LogP contribution in [0.4, 0.5) is 0 Å². The van der Waals surface area contributed by atoms with Crippen LogP contribution >= 0.6 is 0 Å². The molecule has 4 aliphatic carbocycles. The van der Waals surface area contributed by atoms with Crippen LogP contribution in [0.25, 0.3) is 0 Å². The molecule has 0 bridgehead atoms. The van der Waals surface area contributed by atoms with Crippen molar-refractivity contribution in [2.24, 2.45) is 40.4 Å². The molecule has 4 nitrogen and oxygen atoms in total. The highest BCUT2D eigenvalue weighted by atomic mass is 16.6. The quantitative estimate of drug-likeness (QED) is 0.581. The smallest absolute Gasteiger partial charge is 0.302 e. The lowest BCUT2D eigenvalue weighted by molar-refractivity contribution is -0.163. The summed E-state index contributed by atoms with van der Waals surface area (Å²) in [7, 11) is 0. The lowest BCUT2D eigenvalue weighted by Gasteiger charge is -2.60. The van der Waals surface area contributed by atoms with Gasteiger partial charge in [0.2, 0.25) is 0 Å². The number of rotatable bonds is 3. The van der Waals surface area contributed by atoms with Gasteiger partial charge in [-0.2, -0.15) is 0 Å². The Morgan fingerprint density at radius 1 is 0.897 bits per heavy atom. The normalized spacial score (nSPS) is 47.3. The maximum Gasteiger partial charge on any atom is 0.302 e. The molecule has 4 saturated carbocycles. The van der Waals surface area contributed by atoms with Crippen molar-refractivity contribution >= 4 is 11.9 Å². The fraction of sp³-hybridized carbons (Fsp3) is 0.920. The molecule has 29 heavy (non-hydrogen) atoms. The number of hydrogen-bond donors (Lipinski definition) is 0.